The van der Waals surface area contributed by atoms with Crippen LogP contribution in [0.4, 0.5) is 4.39 Å². The maximum absolute atomic E-state index is 12.9. The summed E-state index contributed by atoms with van der Waals surface area (Å²) in [7, 11) is 1.49. The molecule has 2 aromatic rings. The van der Waals surface area contributed by atoms with E-state index in [-0.39, 0.29) is 18.3 Å². The van der Waals surface area contributed by atoms with E-state index in [1.54, 1.807) is 24.3 Å². The molecule has 24 heavy (non-hydrogen) atoms. The molecular formula is C17H16ClFN2O3. The predicted molar refractivity (Wildman–Crippen MR) is 90.1 cm³/mol. The number of nitrogens with zero attached hydrogens (tertiary/aromatic N) is 1. The number of carbonyl (C=O) groups excluding carboxylic acids is 1. The van der Waals surface area contributed by atoms with Gasteiger partial charge in [0, 0.05) is 6.92 Å². The van der Waals surface area contributed by atoms with Crippen molar-refractivity contribution in [3.8, 4) is 11.5 Å². The number of hydrazone groups is 1. The monoisotopic (exact) mass is 350 g/mol. The van der Waals surface area contributed by atoms with Gasteiger partial charge in [-0.2, -0.15) is 5.10 Å². The van der Waals surface area contributed by atoms with Crippen molar-refractivity contribution < 1.29 is 18.7 Å². The molecule has 0 fully saturated rings. The number of rotatable bonds is 6. The number of hydrogen-bond donors (Lipinski definition) is 1. The quantitative estimate of drug-likeness (QED) is 0.640. The lowest BCUT2D eigenvalue weighted by molar-refractivity contribution is -0.118. The molecule has 7 heteroatoms. The average molecular weight is 351 g/mol. The first kappa shape index (κ1) is 17.7. The second-order valence-corrected chi connectivity index (χ2v) is 5.28. The third kappa shape index (κ3) is 4.96. The van der Waals surface area contributed by atoms with E-state index in [0.717, 1.165) is 5.56 Å². The van der Waals surface area contributed by atoms with E-state index >= 15 is 0 Å². The first-order valence-corrected chi connectivity index (χ1v) is 7.42. The Balaban J connectivity index is 2.15. The van der Waals surface area contributed by atoms with Crippen LogP contribution in [0.5, 0.6) is 11.5 Å². The van der Waals surface area contributed by atoms with Crippen LogP contribution in [0.25, 0.3) is 0 Å². The van der Waals surface area contributed by atoms with E-state index in [4.69, 9.17) is 21.1 Å². The molecule has 0 spiro atoms. The van der Waals surface area contributed by atoms with Crippen LogP contribution in [0.3, 0.4) is 0 Å². The Morgan fingerprint density at radius 2 is 2.04 bits per heavy atom. The van der Waals surface area contributed by atoms with Gasteiger partial charge < -0.3 is 9.47 Å². The number of amides is 1. The lowest BCUT2D eigenvalue weighted by atomic mass is 10.2. The van der Waals surface area contributed by atoms with Crippen molar-refractivity contribution in [3.63, 3.8) is 0 Å². The van der Waals surface area contributed by atoms with Crippen LogP contribution < -0.4 is 14.9 Å². The zero-order valence-corrected chi connectivity index (χ0v) is 13.9. The van der Waals surface area contributed by atoms with Crippen molar-refractivity contribution in [2.75, 3.05) is 7.11 Å². The van der Waals surface area contributed by atoms with Gasteiger partial charge in [0.05, 0.1) is 18.3 Å². The van der Waals surface area contributed by atoms with Crippen LogP contribution in [0.15, 0.2) is 41.5 Å². The molecule has 1 N–H and O–H groups in total. The van der Waals surface area contributed by atoms with Crippen molar-refractivity contribution in [1.29, 1.82) is 0 Å². The minimum Gasteiger partial charge on any atom is -0.493 e. The van der Waals surface area contributed by atoms with E-state index in [1.165, 1.54) is 32.4 Å². The molecule has 0 aliphatic heterocycles. The fourth-order valence-corrected chi connectivity index (χ4v) is 2.16. The van der Waals surface area contributed by atoms with Crippen LogP contribution in [0.1, 0.15) is 18.1 Å². The van der Waals surface area contributed by atoms with E-state index < -0.39 is 0 Å². The summed E-state index contributed by atoms with van der Waals surface area (Å²) in [6.45, 7) is 1.58. The fourth-order valence-electron chi connectivity index (χ4n) is 1.89. The van der Waals surface area contributed by atoms with Crippen molar-refractivity contribution in [1.82, 2.24) is 5.43 Å². The average Bonchev–Trinajstić information content (AvgIpc) is 2.54. The molecule has 0 saturated carbocycles. The smallest absolute Gasteiger partial charge is 0.236 e. The van der Waals surface area contributed by atoms with E-state index in [9.17, 15) is 9.18 Å². The Bertz CT molecular complexity index is 748. The number of halogens is 2. The molecule has 5 nitrogen and oxygen atoms in total. The number of carbonyl (C=O) groups is 1. The van der Waals surface area contributed by atoms with Gasteiger partial charge >= 0.3 is 0 Å². The Morgan fingerprint density at radius 3 is 2.67 bits per heavy atom. The zero-order valence-electron chi connectivity index (χ0n) is 13.2. The summed E-state index contributed by atoms with van der Waals surface area (Å²) in [5.74, 6) is 0.217. The molecule has 0 aromatic heterocycles. The summed E-state index contributed by atoms with van der Waals surface area (Å²) in [5, 5.41) is 4.11. The van der Waals surface area contributed by atoms with Gasteiger partial charge in [0.2, 0.25) is 5.91 Å². The van der Waals surface area contributed by atoms with Crippen molar-refractivity contribution in [3.05, 3.63) is 58.4 Å². The maximum atomic E-state index is 12.9. The highest BCUT2D eigenvalue weighted by Crippen LogP contribution is 2.36. The second-order valence-electron chi connectivity index (χ2n) is 4.88. The SMILES string of the molecule is COc1cc(/C=N\NC(C)=O)cc(Cl)c1OCc1ccc(F)cc1. The molecule has 2 aromatic carbocycles. The summed E-state index contributed by atoms with van der Waals surface area (Å²) in [5.41, 5.74) is 3.74. The normalized spacial score (nSPS) is 10.7. The third-order valence-corrected chi connectivity index (χ3v) is 3.26. The van der Waals surface area contributed by atoms with Gasteiger partial charge in [-0.1, -0.05) is 23.7 Å². The van der Waals surface area contributed by atoms with Crippen molar-refractivity contribution in [2.24, 2.45) is 5.10 Å². The van der Waals surface area contributed by atoms with Gasteiger partial charge in [0.25, 0.3) is 0 Å². The molecule has 0 heterocycles. The minimum atomic E-state index is -0.308. The summed E-state index contributed by atoms with van der Waals surface area (Å²) in [4.78, 5) is 10.8. The van der Waals surface area contributed by atoms with Crippen LogP contribution >= 0.6 is 11.6 Å². The minimum absolute atomic E-state index is 0.218. The maximum Gasteiger partial charge on any atom is 0.236 e. The zero-order chi connectivity index (χ0) is 17.5. The van der Waals surface area contributed by atoms with Gasteiger partial charge in [-0.15, -0.1) is 0 Å². The van der Waals surface area contributed by atoms with Crippen LogP contribution in [0.2, 0.25) is 5.02 Å². The summed E-state index contributed by atoms with van der Waals surface area (Å²) >= 11 is 6.23. The molecule has 2 rings (SSSR count). The van der Waals surface area contributed by atoms with Crippen molar-refractivity contribution in [2.45, 2.75) is 13.5 Å². The molecule has 0 bridgehead atoms. The predicted octanol–water partition coefficient (Wildman–Crippen LogP) is 3.54. The van der Waals surface area contributed by atoms with Crippen LogP contribution in [-0.4, -0.2) is 19.2 Å². The first-order valence-electron chi connectivity index (χ1n) is 7.04. The summed E-state index contributed by atoms with van der Waals surface area (Å²) in [6, 6.07) is 9.29. The van der Waals surface area contributed by atoms with Gasteiger partial charge in [0.15, 0.2) is 11.5 Å². The Hall–Kier alpha value is -2.60. The Kier molecular flexibility index (Phi) is 6.14. The molecule has 0 aliphatic carbocycles. The van der Waals surface area contributed by atoms with Gasteiger partial charge in [-0.25, -0.2) is 9.82 Å². The summed E-state index contributed by atoms with van der Waals surface area (Å²) in [6.07, 6.45) is 1.44. The highest BCUT2D eigenvalue weighted by Gasteiger charge is 2.12. The van der Waals surface area contributed by atoms with Crippen molar-refractivity contribution >= 4 is 23.7 Å². The van der Waals surface area contributed by atoms with E-state index in [1.807, 2.05) is 0 Å². The lowest BCUT2D eigenvalue weighted by Crippen LogP contribution is -2.12. The number of ether oxygens (including phenoxy) is 2. The molecule has 1 amide bonds. The molecule has 126 valence electrons. The molecular weight excluding hydrogens is 335 g/mol. The topological polar surface area (TPSA) is 59.9 Å². The van der Waals surface area contributed by atoms with Gasteiger partial charge in [-0.05, 0) is 35.4 Å². The number of nitrogens with one attached hydrogen (secondary N) is 1. The van der Waals surface area contributed by atoms with E-state index in [2.05, 4.69) is 10.5 Å². The Morgan fingerprint density at radius 1 is 1.33 bits per heavy atom. The molecule has 0 radical (unpaired) electrons. The van der Waals surface area contributed by atoms with Crippen LogP contribution in [0, 0.1) is 5.82 Å². The molecule has 0 saturated heterocycles. The van der Waals surface area contributed by atoms with Crippen LogP contribution in [-0.2, 0) is 11.4 Å². The number of hydrogen-bond acceptors (Lipinski definition) is 4. The standard InChI is InChI=1S/C17H16ClFN2O3/c1-11(22)21-20-9-13-7-15(18)17(16(8-13)23-2)24-10-12-3-5-14(19)6-4-12/h3-9H,10H2,1-2H3,(H,21,22)/b20-9-. The summed E-state index contributed by atoms with van der Waals surface area (Å²) < 4.78 is 23.9. The molecule has 0 atom stereocenters. The number of methoxy groups -OCH3 is 1. The fraction of sp³-hybridized carbons (Fsp3) is 0.176. The van der Waals surface area contributed by atoms with Gasteiger partial charge in [0.1, 0.15) is 12.4 Å². The van der Waals surface area contributed by atoms with Gasteiger partial charge in [-0.3, -0.25) is 4.79 Å². The van der Waals surface area contributed by atoms with E-state index in [0.29, 0.717) is 22.1 Å². The molecule has 0 aliphatic rings. The first-order chi connectivity index (χ1) is 11.5. The third-order valence-electron chi connectivity index (χ3n) is 2.98. The highest BCUT2D eigenvalue weighted by atomic mass is 35.5. The molecule has 0 unspecified atom stereocenters. The number of benzene rings is 2. The second kappa shape index (κ2) is 8.31. The Labute approximate surface area is 144 Å². The largest absolute Gasteiger partial charge is 0.493 e. The highest BCUT2D eigenvalue weighted by molar-refractivity contribution is 6.32. The lowest BCUT2D eigenvalue weighted by Gasteiger charge is -2.13.